The summed E-state index contributed by atoms with van der Waals surface area (Å²) in [6.07, 6.45) is 0.752. The number of hydrogen-bond donors (Lipinski definition) is 2. The van der Waals surface area contributed by atoms with Crippen molar-refractivity contribution in [3.63, 3.8) is 0 Å². The zero-order valence-corrected chi connectivity index (χ0v) is 17.9. The summed E-state index contributed by atoms with van der Waals surface area (Å²) < 4.78 is 39.0. The molecule has 0 aliphatic carbocycles. The molecule has 0 radical (unpaired) electrons. The van der Waals surface area contributed by atoms with Crippen molar-refractivity contribution in [2.24, 2.45) is 0 Å². The Morgan fingerprint density at radius 1 is 1.10 bits per heavy atom. The minimum absolute atomic E-state index is 0.364. The Kier molecular flexibility index (Phi) is 7.91. The number of nitrogens with zero attached hydrogens (tertiary/aromatic N) is 1. The Morgan fingerprint density at radius 2 is 1.86 bits per heavy atom. The van der Waals surface area contributed by atoms with Gasteiger partial charge in [0.25, 0.3) is 0 Å². The van der Waals surface area contributed by atoms with E-state index in [-0.39, 0.29) is 0 Å². The van der Waals surface area contributed by atoms with Gasteiger partial charge >= 0.3 is 6.18 Å². The molecule has 3 rings (SSSR count). The number of nitrogens with one attached hydrogen (secondary N) is 2. The van der Waals surface area contributed by atoms with Crippen molar-refractivity contribution in [3.05, 3.63) is 52.2 Å². The molecule has 0 amide bonds. The first-order valence-corrected chi connectivity index (χ1v) is 11.3. The van der Waals surface area contributed by atoms with E-state index in [4.69, 9.17) is 12.2 Å². The van der Waals surface area contributed by atoms with Crippen LogP contribution in [-0.2, 0) is 12.7 Å². The Hall–Kier alpha value is -1.64. The van der Waals surface area contributed by atoms with Crippen molar-refractivity contribution in [1.29, 1.82) is 0 Å². The molecule has 1 aliphatic rings. The summed E-state index contributed by atoms with van der Waals surface area (Å²) in [6, 6.07) is 9.25. The fraction of sp³-hybridized carbons (Fsp3) is 0.476. The van der Waals surface area contributed by atoms with Crippen LogP contribution in [0.4, 0.5) is 18.9 Å². The SMILES string of the molecule is FC(F)(F)c1cccc(NC(=S)N(CC[NH+]2CCCCCC2)Cc2cccs2)c1. The molecule has 2 aromatic rings. The van der Waals surface area contributed by atoms with Gasteiger partial charge in [-0.05, 0) is 67.5 Å². The van der Waals surface area contributed by atoms with Gasteiger partial charge in [0.2, 0.25) is 0 Å². The highest BCUT2D eigenvalue weighted by Gasteiger charge is 2.30. The highest BCUT2D eigenvalue weighted by atomic mass is 32.1. The molecule has 1 aromatic heterocycles. The summed E-state index contributed by atoms with van der Waals surface area (Å²) in [6.45, 7) is 4.78. The van der Waals surface area contributed by atoms with Crippen LogP contribution in [0.25, 0.3) is 0 Å². The normalized spacial score (nSPS) is 15.7. The summed E-state index contributed by atoms with van der Waals surface area (Å²) >= 11 is 7.25. The molecule has 29 heavy (non-hydrogen) atoms. The van der Waals surface area contributed by atoms with Crippen molar-refractivity contribution in [1.82, 2.24) is 4.90 Å². The number of thiocarbonyl (C=S) groups is 1. The van der Waals surface area contributed by atoms with Crippen LogP contribution in [-0.4, -0.2) is 36.2 Å². The van der Waals surface area contributed by atoms with Gasteiger partial charge in [0.05, 0.1) is 38.3 Å². The maximum absolute atomic E-state index is 13.0. The molecule has 8 heteroatoms. The van der Waals surface area contributed by atoms with Crippen LogP contribution >= 0.6 is 23.6 Å². The lowest BCUT2D eigenvalue weighted by atomic mass is 10.2. The first kappa shape index (κ1) is 22.1. The number of rotatable bonds is 6. The maximum atomic E-state index is 13.0. The standard InChI is InChI=1S/C21H26F3N3S2/c22-21(23,24)17-7-5-8-18(15-17)25-20(28)27(16-19-9-6-14-29-19)13-12-26-10-3-1-2-4-11-26/h5-9,14-15H,1-4,10-13,16H2,(H,25,28)/p+1. The van der Waals surface area contributed by atoms with Crippen molar-refractivity contribution in [2.45, 2.75) is 38.4 Å². The maximum Gasteiger partial charge on any atom is 0.416 e. The van der Waals surface area contributed by atoms with Gasteiger partial charge in [-0.2, -0.15) is 13.2 Å². The third kappa shape index (κ3) is 6.97. The fourth-order valence-electron chi connectivity index (χ4n) is 3.59. The Labute approximate surface area is 179 Å². The summed E-state index contributed by atoms with van der Waals surface area (Å²) in [4.78, 5) is 4.84. The third-order valence-corrected chi connectivity index (χ3v) is 6.42. The minimum atomic E-state index is -4.37. The Bertz CT molecular complexity index is 770. The molecule has 0 spiro atoms. The number of benzene rings is 1. The number of hydrogen-bond acceptors (Lipinski definition) is 2. The van der Waals surface area contributed by atoms with Gasteiger partial charge in [-0.3, -0.25) is 0 Å². The van der Waals surface area contributed by atoms with Gasteiger partial charge in [-0.15, -0.1) is 11.3 Å². The topological polar surface area (TPSA) is 19.7 Å². The lowest BCUT2D eigenvalue weighted by Crippen LogP contribution is -3.12. The molecule has 0 unspecified atom stereocenters. The molecule has 0 atom stereocenters. The first-order chi connectivity index (χ1) is 13.9. The molecular weight excluding hydrogens is 415 g/mol. The summed E-state index contributed by atoms with van der Waals surface area (Å²) in [5.74, 6) is 0. The smallest absolute Gasteiger partial charge is 0.338 e. The van der Waals surface area contributed by atoms with Gasteiger partial charge in [0, 0.05) is 10.6 Å². The minimum Gasteiger partial charge on any atom is -0.338 e. The van der Waals surface area contributed by atoms with Crippen LogP contribution < -0.4 is 10.2 Å². The number of anilines is 1. The van der Waals surface area contributed by atoms with Gasteiger partial charge in [0.15, 0.2) is 5.11 Å². The van der Waals surface area contributed by atoms with Crippen LogP contribution in [0.5, 0.6) is 0 Å². The predicted molar refractivity (Wildman–Crippen MR) is 116 cm³/mol. The molecule has 158 valence electrons. The lowest BCUT2D eigenvalue weighted by Gasteiger charge is -2.27. The predicted octanol–water partition coefficient (Wildman–Crippen LogP) is 4.42. The van der Waals surface area contributed by atoms with Gasteiger partial charge in [0.1, 0.15) is 0 Å². The fourth-order valence-corrected chi connectivity index (χ4v) is 4.58. The second kappa shape index (κ2) is 10.4. The third-order valence-electron chi connectivity index (χ3n) is 5.20. The average Bonchev–Trinajstić information content (AvgIpc) is 3.06. The number of likely N-dealkylation sites (tertiary alicyclic amines) is 1. The summed E-state index contributed by atoms with van der Waals surface area (Å²) in [5, 5.41) is 5.51. The van der Waals surface area contributed by atoms with E-state index in [0.29, 0.717) is 17.3 Å². The molecule has 2 N–H and O–H groups in total. The zero-order valence-electron chi connectivity index (χ0n) is 16.3. The van der Waals surface area contributed by atoms with E-state index >= 15 is 0 Å². The quantitative estimate of drug-likeness (QED) is 0.646. The van der Waals surface area contributed by atoms with Gasteiger partial charge in [-0.1, -0.05) is 12.1 Å². The van der Waals surface area contributed by atoms with Gasteiger partial charge < -0.3 is 15.1 Å². The van der Waals surface area contributed by atoms with E-state index in [1.807, 2.05) is 11.4 Å². The first-order valence-electron chi connectivity index (χ1n) is 10.0. The van der Waals surface area contributed by atoms with Crippen molar-refractivity contribution in [3.8, 4) is 0 Å². The van der Waals surface area contributed by atoms with Crippen LogP contribution in [0.3, 0.4) is 0 Å². The monoisotopic (exact) mass is 442 g/mol. The lowest BCUT2D eigenvalue weighted by molar-refractivity contribution is -0.898. The molecule has 1 fully saturated rings. The molecule has 1 saturated heterocycles. The Morgan fingerprint density at radius 3 is 2.52 bits per heavy atom. The van der Waals surface area contributed by atoms with E-state index in [9.17, 15) is 13.2 Å². The molecule has 0 bridgehead atoms. The van der Waals surface area contributed by atoms with E-state index in [1.54, 1.807) is 22.3 Å². The van der Waals surface area contributed by atoms with E-state index in [1.165, 1.54) is 49.7 Å². The number of thiophene rings is 1. The van der Waals surface area contributed by atoms with Crippen LogP contribution in [0, 0.1) is 0 Å². The highest BCUT2D eigenvalue weighted by molar-refractivity contribution is 7.80. The average molecular weight is 443 g/mol. The van der Waals surface area contributed by atoms with E-state index < -0.39 is 11.7 Å². The Balaban J connectivity index is 1.66. The van der Waals surface area contributed by atoms with Crippen molar-refractivity contribution < 1.29 is 18.1 Å². The number of halogens is 3. The van der Waals surface area contributed by atoms with Gasteiger partial charge in [-0.25, -0.2) is 0 Å². The molecule has 2 heterocycles. The van der Waals surface area contributed by atoms with E-state index in [0.717, 1.165) is 25.2 Å². The molecule has 0 saturated carbocycles. The molecule has 1 aliphatic heterocycles. The second-order valence-corrected chi connectivity index (χ2v) is 8.84. The largest absolute Gasteiger partial charge is 0.416 e. The van der Waals surface area contributed by atoms with Crippen molar-refractivity contribution >= 4 is 34.4 Å². The van der Waals surface area contributed by atoms with Crippen LogP contribution in [0.1, 0.15) is 36.1 Å². The van der Waals surface area contributed by atoms with Crippen molar-refractivity contribution in [2.75, 3.05) is 31.5 Å². The number of alkyl halides is 3. The van der Waals surface area contributed by atoms with Crippen LogP contribution in [0.2, 0.25) is 0 Å². The highest BCUT2D eigenvalue weighted by Crippen LogP contribution is 2.30. The summed E-state index contributed by atoms with van der Waals surface area (Å²) in [7, 11) is 0. The molecule has 1 aromatic carbocycles. The molecular formula is C21H27F3N3S2+. The summed E-state index contributed by atoms with van der Waals surface area (Å²) in [5.41, 5.74) is -0.313. The zero-order chi connectivity index (χ0) is 20.7. The molecule has 3 nitrogen and oxygen atoms in total. The van der Waals surface area contributed by atoms with Crippen LogP contribution in [0.15, 0.2) is 41.8 Å². The number of quaternary nitrogens is 1. The van der Waals surface area contributed by atoms with E-state index in [2.05, 4.69) is 16.3 Å². The second-order valence-electron chi connectivity index (χ2n) is 7.42.